The largest absolute Gasteiger partial charge is 0.494 e. The SMILES string of the molecule is CCCOc1ccc(C(=O)Nc2ccc(N3CCN(C(=O)/C=C/c4ccccc4)CC3)c(Cl)c2)cc1. The number of halogens is 1. The van der Waals surface area contributed by atoms with Crippen molar-refractivity contribution in [2.45, 2.75) is 13.3 Å². The maximum absolute atomic E-state index is 12.6. The van der Waals surface area contributed by atoms with E-state index in [0.717, 1.165) is 23.4 Å². The van der Waals surface area contributed by atoms with Gasteiger partial charge in [-0.1, -0.05) is 48.9 Å². The first kappa shape index (κ1) is 25.3. The Labute approximate surface area is 217 Å². The Morgan fingerprint density at radius 1 is 0.972 bits per heavy atom. The molecular weight excluding hydrogens is 474 g/mol. The van der Waals surface area contributed by atoms with Crippen molar-refractivity contribution >= 4 is 40.9 Å². The number of benzene rings is 3. The molecule has 1 saturated heterocycles. The Balaban J connectivity index is 1.31. The maximum atomic E-state index is 12.6. The molecule has 3 aromatic carbocycles. The highest BCUT2D eigenvalue weighted by atomic mass is 35.5. The van der Waals surface area contributed by atoms with Gasteiger partial charge in [0.2, 0.25) is 5.91 Å². The van der Waals surface area contributed by atoms with Gasteiger partial charge < -0.3 is 19.9 Å². The molecule has 7 heteroatoms. The number of hydrogen-bond acceptors (Lipinski definition) is 4. The predicted molar refractivity (Wildman–Crippen MR) is 146 cm³/mol. The summed E-state index contributed by atoms with van der Waals surface area (Å²) in [5.74, 6) is 0.541. The highest BCUT2D eigenvalue weighted by molar-refractivity contribution is 6.33. The van der Waals surface area contributed by atoms with Crippen LogP contribution in [0.4, 0.5) is 11.4 Å². The first-order valence-corrected chi connectivity index (χ1v) is 12.5. The van der Waals surface area contributed by atoms with Crippen LogP contribution in [0.5, 0.6) is 5.75 Å². The van der Waals surface area contributed by atoms with Crippen LogP contribution in [0.15, 0.2) is 78.9 Å². The summed E-state index contributed by atoms with van der Waals surface area (Å²) >= 11 is 6.58. The Morgan fingerprint density at radius 3 is 2.36 bits per heavy atom. The number of anilines is 2. The second kappa shape index (κ2) is 12.3. The van der Waals surface area contributed by atoms with Crippen molar-refractivity contribution in [3.8, 4) is 5.75 Å². The number of nitrogens with zero attached hydrogens (tertiary/aromatic N) is 2. The van der Waals surface area contributed by atoms with Gasteiger partial charge in [-0.15, -0.1) is 0 Å². The Bertz CT molecular complexity index is 1200. The molecule has 0 bridgehead atoms. The molecule has 1 aliphatic rings. The van der Waals surface area contributed by atoms with Gasteiger partial charge in [-0.05, 0) is 60.5 Å². The molecular formula is C29H30ClN3O3. The molecule has 3 aromatic rings. The number of carbonyl (C=O) groups is 2. The lowest BCUT2D eigenvalue weighted by molar-refractivity contribution is -0.126. The second-order valence-electron chi connectivity index (χ2n) is 8.55. The molecule has 1 fully saturated rings. The summed E-state index contributed by atoms with van der Waals surface area (Å²) in [6, 6.07) is 22.4. The van der Waals surface area contributed by atoms with Crippen LogP contribution in [0.25, 0.3) is 6.08 Å². The quantitative estimate of drug-likeness (QED) is 0.398. The molecule has 1 aliphatic heterocycles. The lowest BCUT2D eigenvalue weighted by Gasteiger charge is -2.36. The van der Waals surface area contributed by atoms with E-state index in [1.165, 1.54) is 0 Å². The maximum Gasteiger partial charge on any atom is 0.255 e. The van der Waals surface area contributed by atoms with Crippen molar-refractivity contribution < 1.29 is 14.3 Å². The van der Waals surface area contributed by atoms with Crippen LogP contribution in [0.3, 0.4) is 0 Å². The van der Waals surface area contributed by atoms with Gasteiger partial charge in [0.1, 0.15) is 5.75 Å². The molecule has 0 aromatic heterocycles. The first-order chi connectivity index (χ1) is 17.5. The topological polar surface area (TPSA) is 61.9 Å². The van der Waals surface area contributed by atoms with Crippen LogP contribution >= 0.6 is 11.6 Å². The monoisotopic (exact) mass is 503 g/mol. The van der Waals surface area contributed by atoms with Gasteiger partial charge in [0.05, 0.1) is 17.3 Å². The van der Waals surface area contributed by atoms with Crippen molar-refractivity contribution in [3.05, 3.63) is 95.0 Å². The Kier molecular flexibility index (Phi) is 8.63. The molecule has 4 rings (SSSR count). The summed E-state index contributed by atoms with van der Waals surface area (Å²) in [5, 5.41) is 3.45. The minimum atomic E-state index is -0.212. The van der Waals surface area contributed by atoms with Crippen molar-refractivity contribution in [2.24, 2.45) is 0 Å². The smallest absolute Gasteiger partial charge is 0.255 e. The van der Waals surface area contributed by atoms with Crippen LogP contribution in [-0.4, -0.2) is 49.5 Å². The molecule has 6 nitrogen and oxygen atoms in total. The number of hydrogen-bond donors (Lipinski definition) is 1. The van der Waals surface area contributed by atoms with E-state index in [1.807, 2.05) is 60.4 Å². The molecule has 0 spiro atoms. The first-order valence-electron chi connectivity index (χ1n) is 12.1. The number of rotatable bonds is 8. The van der Waals surface area contributed by atoms with Crippen molar-refractivity contribution in [1.82, 2.24) is 4.90 Å². The zero-order valence-corrected chi connectivity index (χ0v) is 21.1. The summed E-state index contributed by atoms with van der Waals surface area (Å²) in [5.41, 5.74) is 3.06. The third-order valence-electron chi connectivity index (χ3n) is 5.94. The molecule has 2 amide bonds. The second-order valence-corrected chi connectivity index (χ2v) is 8.96. The van der Waals surface area contributed by atoms with Crippen molar-refractivity contribution in [3.63, 3.8) is 0 Å². The normalized spacial score (nSPS) is 13.6. The molecule has 186 valence electrons. The average Bonchev–Trinajstić information content (AvgIpc) is 2.91. The summed E-state index contributed by atoms with van der Waals surface area (Å²) in [4.78, 5) is 29.2. The minimum Gasteiger partial charge on any atom is -0.494 e. The summed E-state index contributed by atoms with van der Waals surface area (Å²) < 4.78 is 5.57. The third-order valence-corrected chi connectivity index (χ3v) is 6.25. The molecule has 1 heterocycles. The van der Waals surface area contributed by atoms with Crippen molar-refractivity contribution in [1.29, 1.82) is 0 Å². The van der Waals surface area contributed by atoms with Crippen LogP contribution in [0, 0.1) is 0 Å². The molecule has 36 heavy (non-hydrogen) atoms. The van der Waals surface area contributed by atoms with Gasteiger partial charge in [-0.3, -0.25) is 9.59 Å². The van der Waals surface area contributed by atoms with Crippen LogP contribution < -0.4 is 15.0 Å². The van der Waals surface area contributed by atoms with Gasteiger partial charge in [0.25, 0.3) is 5.91 Å². The van der Waals surface area contributed by atoms with Gasteiger partial charge in [-0.2, -0.15) is 0 Å². The molecule has 0 aliphatic carbocycles. The van der Waals surface area contributed by atoms with E-state index in [9.17, 15) is 9.59 Å². The zero-order chi connectivity index (χ0) is 25.3. The van der Waals surface area contributed by atoms with Gasteiger partial charge in [0.15, 0.2) is 0 Å². The van der Waals surface area contributed by atoms with E-state index in [-0.39, 0.29) is 11.8 Å². The summed E-state index contributed by atoms with van der Waals surface area (Å²) in [7, 11) is 0. The standard InChI is InChI=1S/C29H30ClN3O3/c1-2-20-36-25-12-9-23(10-13-25)29(35)31-24-11-14-27(26(30)21-24)32-16-18-33(19-17-32)28(34)15-8-22-6-4-3-5-7-22/h3-15,21H,2,16-20H2,1H3,(H,31,35)/b15-8+. The lowest BCUT2D eigenvalue weighted by Crippen LogP contribution is -2.48. The minimum absolute atomic E-state index is 0.00705. The van der Waals surface area contributed by atoms with E-state index in [2.05, 4.69) is 10.2 Å². The molecule has 0 unspecified atom stereocenters. The lowest BCUT2D eigenvalue weighted by atomic mass is 10.2. The van der Waals surface area contributed by atoms with E-state index in [1.54, 1.807) is 36.4 Å². The van der Waals surface area contributed by atoms with E-state index in [0.29, 0.717) is 49.1 Å². The van der Waals surface area contributed by atoms with E-state index >= 15 is 0 Å². The predicted octanol–water partition coefficient (Wildman–Crippen LogP) is 5.74. The van der Waals surface area contributed by atoms with Gasteiger partial charge in [-0.25, -0.2) is 0 Å². The summed E-state index contributed by atoms with van der Waals surface area (Å²) in [6.07, 6.45) is 4.40. The van der Waals surface area contributed by atoms with Crippen LogP contribution in [0.2, 0.25) is 5.02 Å². The molecule has 1 N–H and O–H groups in total. The summed E-state index contributed by atoms with van der Waals surface area (Å²) in [6.45, 7) is 5.29. The zero-order valence-electron chi connectivity index (χ0n) is 20.3. The fraction of sp³-hybridized carbons (Fsp3) is 0.241. The van der Waals surface area contributed by atoms with Gasteiger partial charge in [0, 0.05) is 43.5 Å². The fourth-order valence-electron chi connectivity index (χ4n) is 3.97. The van der Waals surface area contributed by atoms with E-state index < -0.39 is 0 Å². The Hall–Kier alpha value is -3.77. The van der Waals surface area contributed by atoms with Crippen molar-refractivity contribution in [2.75, 3.05) is 43.0 Å². The Morgan fingerprint density at radius 2 is 1.69 bits per heavy atom. The van der Waals surface area contributed by atoms with Crippen LogP contribution in [0.1, 0.15) is 29.3 Å². The molecule has 0 saturated carbocycles. The number of amides is 2. The number of nitrogens with one attached hydrogen (secondary N) is 1. The molecule has 0 atom stereocenters. The number of piperazine rings is 1. The van der Waals surface area contributed by atoms with Crippen LogP contribution in [-0.2, 0) is 4.79 Å². The highest BCUT2D eigenvalue weighted by Gasteiger charge is 2.21. The van der Waals surface area contributed by atoms with E-state index in [4.69, 9.17) is 16.3 Å². The molecule has 0 radical (unpaired) electrons. The average molecular weight is 504 g/mol. The van der Waals surface area contributed by atoms with Gasteiger partial charge >= 0.3 is 0 Å². The third kappa shape index (κ3) is 6.67. The fourth-order valence-corrected chi connectivity index (χ4v) is 4.27. The highest BCUT2D eigenvalue weighted by Crippen LogP contribution is 2.30. The number of ether oxygens (including phenoxy) is 1. The number of carbonyl (C=O) groups excluding carboxylic acids is 2.